The smallest absolute Gasteiger partial charge is 0.242 e. The van der Waals surface area contributed by atoms with Gasteiger partial charge in [0.2, 0.25) is 23.6 Å². The van der Waals surface area contributed by atoms with Crippen molar-refractivity contribution in [1.82, 2.24) is 0 Å². The van der Waals surface area contributed by atoms with Crippen LogP contribution in [-0.4, -0.2) is 23.6 Å². The molecule has 2 saturated heterocycles. The van der Waals surface area contributed by atoms with Gasteiger partial charge in [0.05, 0.1) is 34.5 Å². The Balaban J connectivity index is 1.50. The van der Waals surface area contributed by atoms with Crippen LogP contribution in [0.3, 0.4) is 0 Å². The van der Waals surface area contributed by atoms with E-state index in [1.807, 2.05) is 38.1 Å². The predicted octanol–water partition coefficient (Wildman–Crippen LogP) is 6.78. The number of imide groups is 2. The third-order valence-corrected chi connectivity index (χ3v) is 9.62. The van der Waals surface area contributed by atoms with E-state index >= 15 is 0 Å². The maximum Gasteiger partial charge on any atom is 0.242 e. The van der Waals surface area contributed by atoms with Crippen molar-refractivity contribution in [3.05, 3.63) is 129 Å². The minimum absolute atomic E-state index is 0.0512. The van der Waals surface area contributed by atoms with Gasteiger partial charge in [-0.05, 0) is 85.5 Å². The molecule has 214 valence electrons. The van der Waals surface area contributed by atoms with E-state index in [-0.39, 0.29) is 6.42 Å². The molecule has 2 aliphatic heterocycles. The molecule has 0 saturated carbocycles. The van der Waals surface area contributed by atoms with Crippen molar-refractivity contribution in [2.24, 2.45) is 11.3 Å². The van der Waals surface area contributed by atoms with Gasteiger partial charge < -0.3 is 0 Å². The highest BCUT2D eigenvalue weighted by atomic mass is 35.5. The number of nitrogens with zero attached hydrogens (tertiary/aromatic N) is 2. The van der Waals surface area contributed by atoms with Crippen LogP contribution >= 0.6 is 23.2 Å². The molecule has 0 N–H and O–H groups in total. The molecule has 6 nitrogen and oxygen atoms in total. The van der Waals surface area contributed by atoms with Crippen LogP contribution in [0.1, 0.15) is 39.7 Å². The summed E-state index contributed by atoms with van der Waals surface area (Å²) in [4.78, 5) is 60.9. The summed E-state index contributed by atoms with van der Waals surface area (Å²) in [6, 6.07) is 26.3. The van der Waals surface area contributed by atoms with Gasteiger partial charge in [-0.2, -0.15) is 0 Å². The van der Waals surface area contributed by atoms with Crippen molar-refractivity contribution < 1.29 is 19.2 Å². The van der Waals surface area contributed by atoms with Crippen LogP contribution in [0, 0.1) is 25.2 Å². The first-order valence-electron chi connectivity index (χ1n) is 14.0. The number of aryl methyl sites for hydroxylation is 2. The van der Waals surface area contributed by atoms with Crippen molar-refractivity contribution in [3.63, 3.8) is 0 Å². The molecule has 2 fully saturated rings. The number of hydrogen-bond donors (Lipinski definition) is 0. The highest BCUT2D eigenvalue weighted by Crippen LogP contribution is 2.63. The molecule has 4 aromatic carbocycles. The van der Waals surface area contributed by atoms with Crippen LogP contribution in [0.25, 0.3) is 0 Å². The predicted molar refractivity (Wildman–Crippen MR) is 165 cm³/mol. The highest BCUT2D eigenvalue weighted by Gasteiger charge is 2.73. The number of amides is 4. The van der Waals surface area contributed by atoms with E-state index in [1.165, 1.54) is 9.80 Å². The topological polar surface area (TPSA) is 74.8 Å². The fraction of sp³-hybridized carbons (Fsp3) is 0.200. The SMILES string of the molecule is Cc1ccc(N2C(=O)C3c4ccc(Cl)cc4C4C(=O)N(c5ccc(C)cc5)C(=O)C4(Cc4ccc(Cl)cc4)C3C2=O)cc1. The Morgan fingerprint density at radius 2 is 1.19 bits per heavy atom. The Morgan fingerprint density at radius 3 is 1.79 bits per heavy atom. The lowest BCUT2D eigenvalue weighted by Crippen LogP contribution is -2.51. The van der Waals surface area contributed by atoms with Crippen molar-refractivity contribution in [3.8, 4) is 0 Å². The first-order chi connectivity index (χ1) is 20.6. The van der Waals surface area contributed by atoms with Crippen LogP contribution in [0.2, 0.25) is 10.0 Å². The highest BCUT2D eigenvalue weighted by molar-refractivity contribution is 6.33. The largest absolute Gasteiger partial charge is 0.274 e. The van der Waals surface area contributed by atoms with Gasteiger partial charge in [-0.1, -0.05) is 76.8 Å². The molecule has 0 spiro atoms. The molecule has 4 atom stereocenters. The number of carbonyl (C=O) groups excluding carboxylic acids is 4. The number of fused-ring (bicyclic) bond motifs is 6. The van der Waals surface area contributed by atoms with Gasteiger partial charge in [0, 0.05) is 10.0 Å². The fourth-order valence-corrected chi connectivity index (χ4v) is 7.51. The first kappa shape index (κ1) is 27.6. The Bertz CT molecular complexity index is 1840. The molecule has 2 heterocycles. The lowest BCUT2D eigenvalue weighted by molar-refractivity contribution is -0.138. The van der Waals surface area contributed by atoms with Crippen LogP contribution in [0.15, 0.2) is 91.0 Å². The fourth-order valence-electron chi connectivity index (χ4n) is 7.20. The van der Waals surface area contributed by atoms with Gasteiger partial charge in [-0.15, -0.1) is 0 Å². The summed E-state index contributed by atoms with van der Waals surface area (Å²) in [7, 11) is 0. The summed E-state index contributed by atoms with van der Waals surface area (Å²) < 4.78 is 0. The zero-order chi connectivity index (χ0) is 30.2. The monoisotopic (exact) mass is 608 g/mol. The number of anilines is 2. The quantitative estimate of drug-likeness (QED) is 0.239. The second kappa shape index (κ2) is 9.90. The minimum Gasteiger partial charge on any atom is -0.274 e. The zero-order valence-corrected chi connectivity index (χ0v) is 24.9. The van der Waals surface area contributed by atoms with E-state index in [0.717, 1.165) is 16.7 Å². The average molecular weight is 610 g/mol. The molecule has 1 aliphatic carbocycles. The molecule has 4 amide bonds. The number of carbonyl (C=O) groups is 4. The Labute approximate surface area is 258 Å². The van der Waals surface area contributed by atoms with Crippen LogP contribution in [0.4, 0.5) is 11.4 Å². The molecule has 3 aliphatic rings. The van der Waals surface area contributed by atoms with E-state index in [0.29, 0.717) is 32.5 Å². The van der Waals surface area contributed by atoms with Gasteiger partial charge in [0.15, 0.2) is 0 Å². The molecule has 4 unspecified atom stereocenters. The zero-order valence-electron chi connectivity index (χ0n) is 23.4. The summed E-state index contributed by atoms with van der Waals surface area (Å²) in [6.45, 7) is 3.84. The third kappa shape index (κ3) is 4.00. The van der Waals surface area contributed by atoms with Crippen molar-refractivity contribution in [1.29, 1.82) is 0 Å². The van der Waals surface area contributed by atoms with Crippen LogP contribution < -0.4 is 9.80 Å². The minimum atomic E-state index is -1.59. The Kier molecular flexibility index (Phi) is 6.35. The number of halogens is 2. The number of rotatable bonds is 4. The summed E-state index contributed by atoms with van der Waals surface area (Å²) in [5.74, 6) is -5.01. The summed E-state index contributed by atoms with van der Waals surface area (Å²) in [6.07, 6.45) is 0.0512. The van der Waals surface area contributed by atoms with Crippen LogP contribution in [0.5, 0.6) is 0 Å². The van der Waals surface area contributed by atoms with Gasteiger partial charge in [0.1, 0.15) is 0 Å². The molecule has 43 heavy (non-hydrogen) atoms. The second-order valence-corrected chi connectivity index (χ2v) is 12.5. The molecule has 0 bridgehead atoms. The molecule has 0 radical (unpaired) electrons. The summed E-state index contributed by atoms with van der Waals surface area (Å²) in [5, 5.41) is 0.892. The second-order valence-electron chi connectivity index (χ2n) is 11.7. The number of hydrogen-bond acceptors (Lipinski definition) is 4. The molecule has 0 aromatic heterocycles. The molecular weight excluding hydrogens is 583 g/mol. The Hall–Kier alpha value is -4.26. The lowest BCUT2D eigenvalue weighted by atomic mass is 9.54. The Morgan fingerprint density at radius 1 is 0.628 bits per heavy atom. The standard InChI is InChI=1S/C35H26Cl2N2O4/c1-19-3-12-24(13-4-19)38-31(40)28-26-16-11-23(37)17-27(26)29-32(41)39(25-14-5-20(2)6-15-25)34(43)35(29,30(28)33(38)42)18-21-7-9-22(36)10-8-21/h3-17,28-30H,18H2,1-2H3. The van der Waals surface area contributed by atoms with Gasteiger partial charge in [-0.25, -0.2) is 9.80 Å². The van der Waals surface area contributed by atoms with Gasteiger partial charge in [0.25, 0.3) is 0 Å². The van der Waals surface area contributed by atoms with Crippen molar-refractivity contribution >= 4 is 58.2 Å². The maximum absolute atomic E-state index is 15.0. The normalized spacial score (nSPS) is 24.3. The van der Waals surface area contributed by atoms with Crippen molar-refractivity contribution in [2.45, 2.75) is 32.1 Å². The number of benzene rings is 4. The summed E-state index contributed by atoms with van der Waals surface area (Å²) in [5.41, 5.74) is 2.97. The average Bonchev–Trinajstić information content (AvgIpc) is 3.38. The first-order valence-corrected chi connectivity index (χ1v) is 14.8. The van der Waals surface area contributed by atoms with E-state index in [1.54, 1.807) is 66.7 Å². The van der Waals surface area contributed by atoms with E-state index < -0.39 is 46.8 Å². The van der Waals surface area contributed by atoms with Crippen LogP contribution in [-0.2, 0) is 25.6 Å². The molecule has 4 aromatic rings. The molecule has 7 rings (SSSR count). The van der Waals surface area contributed by atoms with E-state index in [4.69, 9.17) is 23.2 Å². The maximum atomic E-state index is 15.0. The van der Waals surface area contributed by atoms with Gasteiger partial charge in [-0.3, -0.25) is 19.2 Å². The van der Waals surface area contributed by atoms with E-state index in [9.17, 15) is 19.2 Å². The molecule has 8 heteroatoms. The third-order valence-electron chi connectivity index (χ3n) is 9.13. The van der Waals surface area contributed by atoms with Crippen molar-refractivity contribution in [2.75, 3.05) is 9.80 Å². The summed E-state index contributed by atoms with van der Waals surface area (Å²) >= 11 is 12.7. The van der Waals surface area contributed by atoms with Gasteiger partial charge >= 0.3 is 0 Å². The van der Waals surface area contributed by atoms with E-state index in [2.05, 4.69) is 0 Å². The molecular formula is C35H26Cl2N2O4. The lowest BCUT2D eigenvalue weighted by Gasteiger charge is -2.43.